The van der Waals surface area contributed by atoms with Gasteiger partial charge >= 0.3 is 0 Å². The zero-order valence-electron chi connectivity index (χ0n) is 18.4. The Morgan fingerprint density at radius 3 is 2.87 bits per heavy atom. The van der Waals surface area contributed by atoms with Crippen LogP contribution in [0.1, 0.15) is 42.8 Å². The van der Waals surface area contributed by atoms with Gasteiger partial charge in [-0.1, -0.05) is 11.8 Å². The molecule has 0 aliphatic carbocycles. The number of carbonyl (C=O) groups excluding carboxylic acids is 1. The first-order valence-electron chi connectivity index (χ1n) is 10.3. The molecule has 0 radical (unpaired) electrons. The number of nitrogens with two attached hydrogens (primary N) is 1. The summed E-state index contributed by atoms with van der Waals surface area (Å²) in [6, 6.07) is 0.0839. The van der Waals surface area contributed by atoms with E-state index in [-0.39, 0.29) is 23.1 Å². The van der Waals surface area contributed by atoms with E-state index < -0.39 is 0 Å². The Hall–Kier alpha value is -2.88. The van der Waals surface area contributed by atoms with Crippen LogP contribution in [-0.4, -0.2) is 49.0 Å². The third kappa shape index (κ3) is 4.04. The Morgan fingerprint density at radius 2 is 2.16 bits per heavy atom. The zero-order chi connectivity index (χ0) is 22.3. The van der Waals surface area contributed by atoms with Crippen molar-refractivity contribution in [3.63, 3.8) is 0 Å². The summed E-state index contributed by atoms with van der Waals surface area (Å²) in [4.78, 5) is 26.1. The van der Waals surface area contributed by atoms with Gasteiger partial charge in [-0.05, 0) is 40.5 Å². The monoisotopic (exact) mass is 441 g/mol. The van der Waals surface area contributed by atoms with Gasteiger partial charge < -0.3 is 15.8 Å². The third-order valence-electron chi connectivity index (χ3n) is 5.32. The van der Waals surface area contributed by atoms with E-state index in [4.69, 9.17) is 15.6 Å². The Morgan fingerprint density at radius 1 is 1.39 bits per heavy atom. The molecule has 0 spiro atoms. The molecule has 3 aromatic heterocycles. The quantitative estimate of drug-likeness (QED) is 0.579. The lowest BCUT2D eigenvalue weighted by molar-refractivity contribution is -0.121. The number of carbonyl (C=O) groups is 1. The maximum absolute atomic E-state index is 12.6. The summed E-state index contributed by atoms with van der Waals surface area (Å²) in [7, 11) is 1.66. The van der Waals surface area contributed by atoms with Gasteiger partial charge in [0, 0.05) is 23.4 Å². The van der Waals surface area contributed by atoms with Gasteiger partial charge in [-0.25, -0.2) is 9.67 Å². The summed E-state index contributed by atoms with van der Waals surface area (Å²) in [5, 5.41) is 9.15. The van der Waals surface area contributed by atoms with Crippen LogP contribution in [0.2, 0.25) is 0 Å². The fraction of sp³-hybridized carbons (Fsp3) is 0.476. The van der Waals surface area contributed by atoms with Gasteiger partial charge in [-0.15, -0.1) is 0 Å². The summed E-state index contributed by atoms with van der Waals surface area (Å²) in [6.45, 7) is 8.31. The number of methoxy groups -OCH3 is 1. The number of hydrogen-bond donors (Lipinski definition) is 2. The van der Waals surface area contributed by atoms with Gasteiger partial charge in [0.25, 0.3) is 0 Å². The van der Waals surface area contributed by atoms with Crippen LogP contribution in [0.15, 0.2) is 11.2 Å². The van der Waals surface area contributed by atoms with E-state index in [0.717, 1.165) is 33.7 Å². The fourth-order valence-electron chi connectivity index (χ4n) is 3.89. The summed E-state index contributed by atoms with van der Waals surface area (Å²) in [5.74, 6) is 1.00. The highest BCUT2D eigenvalue weighted by Crippen LogP contribution is 2.37. The van der Waals surface area contributed by atoms with Crippen molar-refractivity contribution in [1.82, 2.24) is 30.0 Å². The predicted octanol–water partition coefficient (Wildman–Crippen LogP) is 2.41. The molecule has 3 aromatic rings. The number of ether oxygens (including phenoxy) is 1. The minimum Gasteiger partial charge on any atom is -0.496 e. The molecule has 9 nitrogen and oxygen atoms in total. The molecule has 1 aliphatic heterocycles. The molecule has 164 valence electrons. The highest BCUT2D eigenvalue weighted by molar-refractivity contribution is 8.00. The number of aryl methyl sites for hydroxylation is 2. The molecule has 0 bridgehead atoms. The average Bonchev–Trinajstić information content (AvgIpc) is 2.92. The van der Waals surface area contributed by atoms with Gasteiger partial charge in [0.15, 0.2) is 5.65 Å². The normalized spacial score (nSPS) is 15.9. The number of nitrogens with zero attached hydrogens (tertiary/aromatic N) is 5. The van der Waals surface area contributed by atoms with Crippen LogP contribution in [0.3, 0.4) is 0 Å². The number of pyridine rings is 1. The Labute approximate surface area is 185 Å². The van der Waals surface area contributed by atoms with Crippen molar-refractivity contribution in [1.29, 1.82) is 0 Å². The van der Waals surface area contributed by atoms with Crippen LogP contribution >= 0.6 is 11.8 Å². The molecule has 1 unspecified atom stereocenters. The lowest BCUT2D eigenvalue weighted by atomic mass is 10.1. The van der Waals surface area contributed by atoms with E-state index in [2.05, 4.69) is 20.3 Å². The SMILES string of the molecule is COc1c(C)cnc(Cn2nc3c4c(nc(N)nc42)SC(C(=O)NC(C)C)CC3)c1C. The van der Waals surface area contributed by atoms with Crippen molar-refractivity contribution < 1.29 is 9.53 Å². The molecule has 0 saturated heterocycles. The number of rotatable bonds is 5. The molecular weight excluding hydrogens is 414 g/mol. The lowest BCUT2D eigenvalue weighted by Crippen LogP contribution is -2.37. The van der Waals surface area contributed by atoms with Crippen LogP contribution in [-0.2, 0) is 17.8 Å². The number of anilines is 1. The average molecular weight is 442 g/mol. The predicted molar refractivity (Wildman–Crippen MR) is 120 cm³/mol. The van der Waals surface area contributed by atoms with Crippen LogP contribution in [0.25, 0.3) is 11.0 Å². The van der Waals surface area contributed by atoms with Gasteiger partial charge in [-0.3, -0.25) is 9.78 Å². The molecule has 4 heterocycles. The van der Waals surface area contributed by atoms with Crippen LogP contribution in [0, 0.1) is 13.8 Å². The molecule has 1 amide bonds. The molecule has 4 rings (SSSR count). The zero-order valence-corrected chi connectivity index (χ0v) is 19.2. The van der Waals surface area contributed by atoms with Crippen molar-refractivity contribution in [2.24, 2.45) is 0 Å². The van der Waals surface area contributed by atoms with Gasteiger partial charge in [0.2, 0.25) is 11.9 Å². The summed E-state index contributed by atoms with van der Waals surface area (Å²) in [6.07, 6.45) is 3.14. The number of nitrogen functional groups attached to an aromatic ring is 1. The second-order valence-corrected chi connectivity index (χ2v) is 9.24. The first-order valence-corrected chi connectivity index (χ1v) is 11.2. The molecule has 1 aliphatic rings. The highest BCUT2D eigenvalue weighted by atomic mass is 32.2. The van der Waals surface area contributed by atoms with Gasteiger partial charge in [0.05, 0.1) is 35.7 Å². The maximum Gasteiger partial charge on any atom is 0.233 e. The highest BCUT2D eigenvalue weighted by Gasteiger charge is 2.29. The second-order valence-electron chi connectivity index (χ2n) is 8.04. The van der Waals surface area contributed by atoms with E-state index in [1.165, 1.54) is 11.8 Å². The molecule has 1 atom stereocenters. The molecule has 0 fully saturated rings. The minimum atomic E-state index is -0.243. The van der Waals surface area contributed by atoms with E-state index in [9.17, 15) is 4.79 Å². The Balaban J connectivity index is 1.74. The number of hydrogen-bond acceptors (Lipinski definition) is 8. The van der Waals surface area contributed by atoms with E-state index in [1.54, 1.807) is 13.3 Å². The maximum atomic E-state index is 12.6. The topological polar surface area (TPSA) is 121 Å². The first kappa shape index (κ1) is 21.4. The fourth-order valence-corrected chi connectivity index (χ4v) is 5.05. The van der Waals surface area contributed by atoms with E-state index >= 15 is 0 Å². The Kier molecular flexibility index (Phi) is 5.74. The Bertz CT molecular complexity index is 1160. The van der Waals surface area contributed by atoms with Crippen molar-refractivity contribution in [3.8, 4) is 5.75 Å². The van der Waals surface area contributed by atoms with E-state index in [1.807, 2.05) is 32.4 Å². The van der Waals surface area contributed by atoms with Crippen molar-refractivity contribution in [2.75, 3.05) is 12.8 Å². The minimum absolute atomic E-state index is 0.00920. The summed E-state index contributed by atoms with van der Waals surface area (Å²) < 4.78 is 7.36. The van der Waals surface area contributed by atoms with Gasteiger partial charge in [0.1, 0.15) is 10.8 Å². The molecule has 0 aromatic carbocycles. The number of amides is 1. The first-order chi connectivity index (χ1) is 14.8. The van der Waals surface area contributed by atoms with Crippen LogP contribution in [0.5, 0.6) is 5.75 Å². The number of nitrogens with one attached hydrogen (secondary N) is 1. The summed E-state index contributed by atoms with van der Waals surface area (Å²) >= 11 is 1.43. The standard InChI is InChI=1S/C21H27N7O2S/c1-10(2)24-19(29)15-7-6-13-16-18(25-21(22)26-20(16)31-15)28(27-13)9-14-12(4)17(30-5)11(3)8-23-14/h8,10,15H,6-7,9H2,1-5H3,(H,24,29)(H2,22,25,26). The molecule has 10 heteroatoms. The number of aromatic nitrogens is 5. The van der Waals surface area contributed by atoms with Gasteiger partial charge in [-0.2, -0.15) is 10.1 Å². The van der Waals surface area contributed by atoms with E-state index in [0.29, 0.717) is 30.1 Å². The van der Waals surface area contributed by atoms with Crippen LogP contribution in [0.4, 0.5) is 5.95 Å². The van der Waals surface area contributed by atoms with Crippen LogP contribution < -0.4 is 15.8 Å². The summed E-state index contributed by atoms with van der Waals surface area (Å²) in [5.41, 5.74) is 10.4. The lowest BCUT2D eigenvalue weighted by Gasteiger charge is -2.16. The third-order valence-corrected chi connectivity index (χ3v) is 6.57. The second kappa shape index (κ2) is 8.33. The molecular formula is C21H27N7O2S. The molecule has 31 heavy (non-hydrogen) atoms. The largest absolute Gasteiger partial charge is 0.496 e. The number of thioether (sulfide) groups is 1. The molecule has 3 N–H and O–H groups in total. The van der Waals surface area contributed by atoms with Crippen molar-refractivity contribution >= 4 is 34.7 Å². The smallest absolute Gasteiger partial charge is 0.233 e. The molecule has 0 saturated carbocycles. The van der Waals surface area contributed by atoms with Crippen molar-refractivity contribution in [3.05, 3.63) is 28.7 Å². The van der Waals surface area contributed by atoms with Crippen molar-refractivity contribution in [2.45, 2.75) is 63.4 Å².